The number of nitrogens with zero attached hydrogens (tertiary/aromatic N) is 2. The molecule has 2 rings (SSSR count). The zero-order valence-electron chi connectivity index (χ0n) is 11.7. The van der Waals surface area contributed by atoms with Crippen molar-refractivity contribution in [1.29, 1.82) is 0 Å². The fraction of sp³-hybridized carbons (Fsp3) is 0.400. The number of halogens is 2. The van der Waals surface area contributed by atoms with Crippen molar-refractivity contribution in [3.8, 4) is 0 Å². The molecule has 1 atom stereocenters. The molecule has 20 heavy (non-hydrogen) atoms. The van der Waals surface area contributed by atoms with Gasteiger partial charge in [0.2, 0.25) is 0 Å². The van der Waals surface area contributed by atoms with Crippen LogP contribution in [0.5, 0.6) is 0 Å². The van der Waals surface area contributed by atoms with Crippen LogP contribution in [0.2, 0.25) is 10.0 Å². The Morgan fingerprint density at radius 2 is 2.05 bits per heavy atom. The van der Waals surface area contributed by atoms with Crippen molar-refractivity contribution in [3.63, 3.8) is 0 Å². The lowest BCUT2D eigenvalue weighted by atomic mass is 10.0. The van der Waals surface area contributed by atoms with Crippen LogP contribution in [-0.4, -0.2) is 22.9 Å². The van der Waals surface area contributed by atoms with Gasteiger partial charge in [0.05, 0.1) is 16.2 Å². The Morgan fingerprint density at radius 1 is 1.25 bits per heavy atom. The first-order chi connectivity index (χ1) is 9.58. The van der Waals surface area contributed by atoms with E-state index in [9.17, 15) is 0 Å². The topological polar surface area (TPSA) is 29.9 Å². The highest BCUT2D eigenvalue weighted by Gasteiger charge is 2.09. The molecule has 1 unspecified atom stereocenters. The first-order valence-corrected chi connectivity index (χ1v) is 7.43. The third kappa shape index (κ3) is 4.23. The molecule has 0 spiro atoms. The van der Waals surface area contributed by atoms with Gasteiger partial charge in [-0.15, -0.1) is 0 Å². The van der Waals surface area contributed by atoms with Crippen LogP contribution in [0.4, 0.5) is 0 Å². The zero-order chi connectivity index (χ0) is 14.5. The largest absolute Gasteiger partial charge is 0.317 e. The smallest absolute Gasteiger partial charge is 0.0595 e. The Morgan fingerprint density at radius 3 is 2.65 bits per heavy atom. The molecule has 0 bridgehead atoms. The van der Waals surface area contributed by atoms with Gasteiger partial charge < -0.3 is 5.32 Å². The second kappa shape index (κ2) is 7.11. The summed E-state index contributed by atoms with van der Waals surface area (Å²) in [5.41, 5.74) is 2.46. The van der Waals surface area contributed by atoms with Crippen molar-refractivity contribution in [1.82, 2.24) is 15.1 Å². The molecule has 0 aliphatic rings. The van der Waals surface area contributed by atoms with E-state index in [-0.39, 0.29) is 0 Å². The quantitative estimate of drug-likeness (QED) is 0.885. The van der Waals surface area contributed by atoms with Crippen molar-refractivity contribution >= 4 is 23.2 Å². The molecule has 0 fully saturated rings. The summed E-state index contributed by atoms with van der Waals surface area (Å²) in [6.07, 6.45) is 6.99. The van der Waals surface area contributed by atoms with E-state index < -0.39 is 0 Å². The Labute approximate surface area is 129 Å². The minimum absolute atomic E-state index is 0.410. The maximum absolute atomic E-state index is 6.05. The normalized spacial score (nSPS) is 12.6. The van der Waals surface area contributed by atoms with E-state index in [0.717, 1.165) is 19.3 Å². The fourth-order valence-corrected chi connectivity index (χ4v) is 2.56. The summed E-state index contributed by atoms with van der Waals surface area (Å²) in [6.45, 7) is 0. The molecule has 0 radical (unpaired) electrons. The van der Waals surface area contributed by atoms with Crippen LogP contribution in [0.25, 0.3) is 0 Å². The van der Waals surface area contributed by atoms with Gasteiger partial charge in [-0.2, -0.15) is 5.10 Å². The first kappa shape index (κ1) is 15.4. The average molecular weight is 312 g/mol. The Bertz CT molecular complexity index is 566. The van der Waals surface area contributed by atoms with Crippen molar-refractivity contribution in [3.05, 3.63) is 51.8 Å². The Hall–Kier alpha value is -1.03. The maximum atomic E-state index is 6.05. The van der Waals surface area contributed by atoms with Gasteiger partial charge in [0.25, 0.3) is 0 Å². The summed E-state index contributed by atoms with van der Waals surface area (Å²) in [6, 6.07) is 6.24. The standard InChI is InChI=1S/C15H19Cl2N3/c1-18-13(5-3-12-9-19-20(2)10-12)7-11-4-6-14(16)15(17)8-11/h4,6,8-10,13,18H,3,5,7H2,1-2H3. The van der Waals surface area contributed by atoms with Crippen molar-refractivity contribution in [2.75, 3.05) is 7.05 Å². The minimum Gasteiger partial charge on any atom is -0.317 e. The van der Waals surface area contributed by atoms with E-state index in [2.05, 4.69) is 16.6 Å². The lowest BCUT2D eigenvalue weighted by Crippen LogP contribution is -2.28. The number of benzene rings is 1. The molecule has 3 nitrogen and oxygen atoms in total. The van der Waals surface area contributed by atoms with E-state index in [1.807, 2.05) is 43.2 Å². The molecule has 1 N–H and O–H groups in total. The molecule has 0 aliphatic heterocycles. The van der Waals surface area contributed by atoms with Crippen molar-refractivity contribution < 1.29 is 0 Å². The van der Waals surface area contributed by atoms with Crippen molar-refractivity contribution in [2.45, 2.75) is 25.3 Å². The summed E-state index contributed by atoms with van der Waals surface area (Å²) in [5, 5.41) is 8.77. The highest BCUT2D eigenvalue weighted by atomic mass is 35.5. The predicted octanol–water partition coefficient (Wildman–Crippen LogP) is 3.49. The lowest BCUT2D eigenvalue weighted by Gasteiger charge is -2.16. The third-order valence-electron chi connectivity index (χ3n) is 3.41. The van der Waals surface area contributed by atoms with Crippen LogP contribution in [0.3, 0.4) is 0 Å². The predicted molar refractivity (Wildman–Crippen MR) is 84.5 cm³/mol. The molecule has 5 heteroatoms. The molecule has 0 amide bonds. The van der Waals surface area contributed by atoms with Gasteiger partial charge >= 0.3 is 0 Å². The monoisotopic (exact) mass is 311 g/mol. The van der Waals surface area contributed by atoms with Crippen LogP contribution in [-0.2, 0) is 19.9 Å². The van der Waals surface area contributed by atoms with Crippen LogP contribution in [0.1, 0.15) is 17.5 Å². The SMILES string of the molecule is CNC(CCc1cnn(C)c1)Cc1ccc(Cl)c(Cl)c1. The number of aryl methyl sites for hydroxylation is 2. The highest BCUT2D eigenvalue weighted by molar-refractivity contribution is 6.42. The van der Waals surface area contributed by atoms with Gasteiger partial charge in [-0.05, 0) is 49.6 Å². The number of nitrogens with one attached hydrogen (secondary N) is 1. The van der Waals surface area contributed by atoms with Gasteiger partial charge in [-0.3, -0.25) is 4.68 Å². The fourth-order valence-electron chi connectivity index (χ4n) is 2.24. The summed E-state index contributed by atoms with van der Waals surface area (Å²) >= 11 is 12.0. The Kier molecular flexibility index (Phi) is 5.46. The van der Waals surface area contributed by atoms with Crippen LogP contribution < -0.4 is 5.32 Å². The molecular weight excluding hydrogens is 293 g/mol. The summed E-state index contributed by atoms with van der Waals surface area (Å²) in [4.78, 5) is 0. The molecule has 1 heterocycles. The van der Waals surface area contributed by atoms with Gasteiger partial charge in [-0.25, -0.2) is 0 Å². The maximum Gasteiger partial charge on any atom is 0.0595 e. The molecule has 0 aliphatic carbocycles. The average Bonchev–Trinajstić information content (AvgIpc) is 2.84. The Balaban J connectivity index is 1.92. The molecule has 108 valence electrons. The van der Waals surface area contributed by atoms with Gasteiger partial charge in [-0.1, -0.05) is 29.3 Å². The van der Waals surface area contributed by atoms with Gasteiger partial charge in [0, 0.05) is 19.3 Å². The van der Waals surface area contributed by atoms with E-state index in [4.69, 9.17) is 23.2 Å². The minimum atomic E-state index is 0.410. The van der Waals surface area contributed by atoms with E-state index >= 15 is 0 Å². The summed E-state index contributed by atoms with van der Waals surface area (Å²) < 4.78 is 1.84. The number of hydrogen-bond donors (Lipinski definition) is 1. The van der Waals surface area contributed by atoms with E-state index in [1.165, 1.54) is 11.1 Å². The van der Waals surface area contributed by atoms with Gasteiger partial charge in [0.15, 0.2) is 0 Å². The third-order valence-corrected chi connectivity index (χ3v) is 4.15. The molecule has 0 saturated heterocycles. The highest BCUT2D eigenvalue weighted by Crippen LogP contribution is 2.23. The second-order valence-electron chi connectivity index (χ2n) is 5.00. The number of aromatic nitrogens is 2. The number of likely N-dealkylation sites (N-methyl/N-ethyl adjacent to an activating group) is 1. The molecular formula is C15H19Cl2N3. The van der Waals surface area contributed by atoms with E-state index in [0.29, 0.717) is 16.1 Å². The lowest BCUT2D eigenvalue weighted by molar-refractivity contribution is 0.520. The van der Waals surface area contributed by atoms with Crippen LogP contribution in [0, 0.1) is 0 Å². The number of rotatable bonds is 6. The molecule has 2 aromatic rings. The molecule has 0 saturated carbocycles. The summed E-state index contributed by atoms with van der Waals surface area (Å²) in [7, 11) is 3.93. The van der Waals surface area contributed by atoms with Gasteiger partial charge in [0.1, 0.15) is 0 Å². The summed E-state index contributed by atoms with van der Waals surface area (Å²) in [5.74, 6) is 0. The first-order valence-electron chi connectivity index (χ1n) is 6.67. The molecule has 1 aromatic carbocycles. The van der Waals surface area contributed by atoms with Crippen LogP contribution in [0.15, 0.2) is 30.6 Å². The van der Waals surface area contributed by atoms with Crippen LogP contribution >= 0.6 is 23.2 Å². The number of hydrogen-bond acceptors (Lipinski definition) is 2. The van der Waals surface area contributed by atoms with Crippen molar-refractivity contribution in [2.24, 2.45) is 7.05 Å². The second-order valence-corrected chi connectivity index (χ2v) is 5.81. The zero-order valence-corrected chi connectivity index (χ0v) is 13.2. The van der Waals surface area contributed by atoms with E-state index in [1.54, 1.807) is 0 Å². The molecule has 1 aromatic heterocycles.